The van der Waals surface area contributed by atoms with Crippen molar-refractivity contribution in [1.29, 1.82) is 0 Å². The summed E-state index contributed by atoms with van der Waals surface area (Å²) >= 11 is 4.00. The summed E-state index contributed by atoms with van der Waals surface area (Å²) in [7, 11) is 0. The minimum atomic E-state index is 0.747. The van der Waals surface area contributed by atoms with Crippen molar-refractivity contribution >= 4 is 23.1 Å². The van der Waals surface area contributed by atoms with Gasteiger partial charge in [0, 0.05) is 16.7 Å². The van der Waals surface area contributed by atoms with Crippen LogP contribution in [0.15, 0.2) is 17.5 Å². The SMILES string of the molecule is CCCNC1CSCC1Cc1cccs1. The average molecular weight is 241 g/mol. The van der Waals surface area contributed by atoms with Crippen molar-refractivity contribution in [1.82, 2.24) is 5.32 Å². The van der Waals surface area contributed by atoms with Crippen LogP contribution in [0.5, 0.6) is 0 Å². The number of nitrogens with one attached hydrogen (secondary N) is 1. The van der Waals surface area contributed by atoms with Gasteiger partial charge in [-0.2, -0.15) is 11.8 Å². The second kappa shape index (κ2) is 5.92. The minimum absolute atomic E-state index is 0.747. The van der Waals surface area contributed by atoms with Gasteiger partial charge in [0.2, 0.25) is 0 Å². The fourth-order valence-electron chi connectivity index (χ4n) is 2.04. The summed E-state index contributed by atoms with van der Waals surface area (Å²) in [6.45, 7) is 3.41. The van der Waals surface area contributed by atoms with Gasteiger partial charge in [-0.15, -0.1) is 11.3 Å². The Morgan fingerprint density at radius 2 is 2.40 bits per heavy atom. The highest BCUT2D eigenvalue weighted by Crippen LogP contribution is 2.28. The molecule has 1 nitrogen and oxygen atoms in total. The zero-order valence-corrected chi connectivity index (χ0v) is 10.9. The van der Waals surface area contributed by atoms with Crippen molar-refractivity contribution in [2.45, 2.75) is 25.8 Å². The molecule has 2 unspecified atom stereocenters. The molecule has 1 aromatic heterocycles. The molecule has 0 aromatic carbocycles. The molecule has 0 amide bonds. The van der Waals surface area contributed by atoms with Crippen molar-refractivity contribution in [3.05, 3.63) is 22.4 Å². The molecule has 0 spiro atoms. The summed E-state index contributed by atoms with van der Waals surface area (Å²) in [6, 6.07) is 5.18. The van der Waals surface area contributed by atoms with Crippen molar-refractivity contribution in [3.8, 4) is 0 Å². The Kier molecular flexibility index (Phi) is 4.54. The molecule has 1 aliphatic heterocycles. The molecule has 2 heterocycles. The zero-order chi connectivity index (χ0) is 10.5. The molecule has 1 fully saturated rings. The van der Waals surface area contributed by atoms with Crippen LogP contribution in [0.1, 0.15) is 18.2 Å². The highest BCUT2D eigenvalue weighted by molar-refractivity contribution is 7.99. The van der Waals surface area contributed by atoms with Gasteiger partial charge in [0.15, 0.2) is 0 Å². The summed E-state index contributed by atoms with van der Waals surface area (Å²) < 4.78 is 0. The Labute approximate surface area is 101 Å². The van der Waals surface area contributed by atoms with Gasteiger partial charge in [0.1, 0.15) is 0 Å². The number of thioether (sulfide) groups is 1. The molecular weight excluding hydrogens is 222 g/mol. The number of hydrogen-bond donors (Lipinski definition) is 1. The van der Waals surface area contributed by atoms with E-state index >= 15 is 0 Å². The van der Waals surface area contributed by atoms with E-state index in [1.54, 1.807) is 4.88 Å². The summed E-state index contributed by atoms with van der Waals surface area (Å²) in [6.07, 6.45) is 2.51. The van der Waals surface area contributed by atoms with Gasteiger partial charge in [-0.25, -0.2) is 0 Å². The first kappa shape index (κ1) is 11.5. The van der Waals surface area contributed by atoms with Gasteiger partial charge in [-0.1, -0.05) is 13.0 Å². The Balaban J connectivity index is 1.85. The minimum Gasteiger partial charge on any atom is -0.313 e. The Bertz CT molecular complexity index is 271. The summed E-state index contributed by atoms with van der Waals surface area (Å²) in [4.78, 5) is 1.55. The van der Waals surface area contributed by atoms with Gasteiger partial charge in [0.05, 0.1) is 0 Å². The molecular formula is C12H19NS2. The molecule has 1 saturated heterocycles. The fourth-order valence-corrected chi connectivity index (χ4v) is 4.27. The lowest BCUT2D eigenvalue weighted by Gasteiger charge is -2.19. The fraction of sp³-hybridized carbons (Fsp3) is 0.667. The molecule has 3 heteroatoms. The van der Waals surface area contributed by atoms with Crippen LogP contribution in [0.2, 0.25) is 0 Å². The summed E-state index contributed by atoms with van der Waals surface area (Å²) in [5.41, 5.74) is 0. The third kappa shape index (κ3) is 3.23. The standard InChI is InChI=1S/C12H19NS2/c1-2-5-13-12-9-14-8-10(12)7-11-4-3-6-15-11/h3-4,6,10,12-13H,2,5,7-9H2,1H3. The maximum absolute atomic E-state index is 3.68. The van der Waals surface area contributed by atoms with E-state index in [0.717, 1.165) is 12.0 Å². The van der Waals surface area contributed by atoms with E-state index in [1.807, 2.05) is 11.3 Å². The topological polar surface area (TPSA) is 12.0 Å². The van der Waals surface area contributed by atoms with E-state index < -0.39 is 0 Å². The molecule has 1 N–H and O–H groups in total. The molecule has 84 valence electrons. The molecule has 0 bridgehead atoms. The van der Waals surface area contributed by atoms with E-state index in [0.29, 0.717) is 0 Å². The average Bonchev–Trinajstić information content (AvgIpc) is 2.87. The summed E-state index contributed by atoms with van der Waals surface area (Å²) in [5.74, 6) is 3.48. The number of rotatable bonds is 5. The first-order valence-electron chi connectivity index (χ1n) is 5.73. The normalized spacial score (nSPS) is 25.9. The molecule has 0 aliphatic carbocycles. The molecule has 2 rings (SSSR count). The largest absolute Gasteiger partial charge is 0.313 e. The lowest BCUT2D eigenvalue weighted by atomic mass is 9.99. The molecule has 1 aromatic rings. The predicted octanol–water partition coefficient (Wildman–Crippen LogP) is 3.02. The molecule has 2 atom stereocenters. The highest BCUT2D eigenvalue weighted by Gasteiger charge is 2.27. The van der Waals surface area contributed by atoms with E-state index in [9.17, 15) is 0 Å². The predicted molar refractivity (Wildman–Crippen MR) is 70.9 cm³/mol. The quantitative estimate of drug-likeness (QED) is 0.850. The van der Waals surface area contributed by atoms with Crippen LogP contribution in [0.3, 0.4) is 0 Å². The van der Waals surface area contributed by atoms with Crippen LogP contribution >= 0.6 is 23.1 Å². The van der Waals surface area contributed by atoms with Crippen molar-refractivity contribution < 1.29 is 0 Å². The van der Waals surface area contributed by atoms with Crippen LogP contribution in [-0.2, 0) is 6.42 Å². The number of thiophene rings is 1. The second-order valence-corrected chi connectivity index (χ2v) is 6.25. The van der Waals surface area contributed by atoms with Crippen LogP contribution in [-0.4, -0.2) is 24.1 Å². The van der Waals surface area contributed by atoms with Crippen molar-refractivity contribution in [3.63, 3.8) is 0 Å². The van der Waals surface area contributed by atoms with E-state index in [1.165, 1.54) is 30.9 Å². The second-order valence-electron chi connectivity index (χ2n) is 4.14. The molecule has 15 heavy (non-hydrogen) atoms. The van der Waals surface area contributed by atoms with Crippen LogP contribution in [0.4, 0.5) is 0 Å². The van der Waals surface area contributed by atoms with Gasteiger partial charge < -0.3 is 5.32 Å². The first-order chi connectivity index (χ1) is 7.40. The monoisotopic (exact) mass is 241 g/mol. The van der Waals surface area contributed by atoms with Gasteiger partial charge in [-0.05, 0) is 42.5 Å². The van der Waals surface area contributed by atoms with Crippen LogP contribution in [0, 0.1) is 5.92 Å². The third-order valence-electron chi connectivity index (χ3n) is 2.90. The van der Waals surface area contributed by atoms with Gasteiger partial charge in [-0.3, -0.25) is 0 Å². The van der Waals surface area contributed by atoms with E-state index in [2.05, 4.69) is 41.5 Å². The van der Waals surface area contributed by atoms with E-state index in [-0.39, 0.29) is 0 Å². The van der Waals surface area contributed by atoms with Gasteiger partial charge in [0.25, 0.3) is 0 Å². The van der Waals surface area contributed by atoms with Gasteiger partial charge >= 0.3 is 0 Å². The van der Waals surface area contributed by atoms with Crippen molar-refractivity contribution in [2.75, 3.05) is 18.1 Å². The van der Waals surface area contributed by atoms with Crippen LogP contribution < -0.4 is 5.32 Å². The molecule has 0 saturated carbocycles. The zero-order valence-electron chi connectivity index (χ0n) is 9.24. The molecule has 0 radical (unpaired) electrons. The maximum Gasteiger partial charge on any atom is 0.0197 e. The summed E-state index contributed by atoms with van der Waals surface area (Å²) in [5, 5.41) is 5.86. The first-order valence-corrected chi connectivity index (χ1v) is 7.77. The highest BCUT2D eigenvalue weighted by atomic mass is 32.2. The smallest absolute Gasteiger partial charge is 0.0197 e. The molecule has 1 aliphatic rings. The van der Waals surface area contributed by atoms with Crippen LogP contribution in [0.25, 0.3) is 0 Å². The Morgan fingerprint density at radius 1 is 1.47 bits per heavy atom. The Hall–Kier alpha value is 0.01000. The lowest BCUT2D eigenvalue weighted by molar-refractivity contribution is 0.427. The number of hydrogen-bond acceptors (Lipinski definition) is 3. The van der Waals surface area contributed by atoms with E-state index in [4.69, 9.17) is 0 Å². The lowest BCUT2D eigenvalue weighted by Crippen LogP contribution is -2.36. The van der Waals surface area contributed by atoms with Crippen molar-refractivity contribution in [2.24, 2.45) is 5.92 Å². The maximum atomic E-state index is 3.68. The third-order valence-corrected chi connectivity index (χ3v) is 5.06. The Morgan fingerprint density at radius 3 is 3.13 bits per heavy atom.